The van der Waals surface area contributed by atoms with Gasteiger partial charge in [0.05, 0.1) is 12.5 Å². The highest BCUT2D eigenvalue weighted by Gasteiger charge is 2.36. The maximum absolute atomic E-state index is 12.6. The van der Waals surface area contributed by atoms with Crippen LogP contribution < -0.4 is 5.32 Å². The first-order valence-corrected chi connectivity index (χ1v) is 9.07. The lowest BCUT2D eigenvalue weighted by atomic mass is 10.1. The number of para-hydroxylation sites is 1. The van der Waals surface area contributed by atoms with Crippen LogP contribution in [0.3, 0.4) is 0 Å². The van der Waals surface area contributed by atoms with Gasteiger partial charge in [-0.25, -0.2) is 0 Å². The van der Waals surface area contributed by atoms with Crippen molar-refractivity contribution in [1.82, 2.24) is 9.80 Å². The fourth-order valence-corrected chi connectivity index (χ4v) is 3.35. The van der Waals surface area contributed by atoms with Crippen molar-refractivity contribution in [3.05, 3.63) is 29.3 Å². The highest BCUT2D eigenvalue weighted by molar-refractivity contribution is 5.97. The summed E-state index contributed by atoms with van der Waals surface area (Å²) in [5.41, 5.74) is 2.76. The number of anilines is 1. The SMILES string of the molecule is Cc1cccc(C)c1NC(=O)CN(C)C(=O)C1CC(=O)N(CC(C)C)C1. The van der Waals surface area contributed by atoms with Gasteiger partial charge in [-0.3, -0.25) is 14.4 Å². The summed E-state index contributed by atoms with van der Waals surface area (Å²) in [7, 11) is 1.61. The lowest BCUT2D eigenvalue weighted by Crippen LogP contribution is -2.39. The molecular weight excluding hydrogens is 330 g/mol. The maximum atomic E-state index is 12.6. The number of carbonyl (C=O) groups excluding carboxylic acids is 3. The number of benzene rings is 1. The summed E-state index contributed by atoms with van der Waals surface area (Å²) < 4.78 is 0. The number of aryl methyl sites for hydroxylation is 2. The van der Waals surface area contributed by atoms with Crippen molar-refractivity contribution in [3.63, 3.8) is 0 Å². The Hall–Kier alpha value is -2.37. The fraction of sp³-hybridized carbons (Fsp3) is 0.550. The van der Waals surface area contributed by atoms with E-state index < -0.39 is 0 Å². The first kappa shape index (κ1) is 19.9. The Balaban J connectivity index is 1.93. The molecule has 1 aliphatic heterocycles. The fourth-order valence-electron chi connectivity index (χ4n) is 3.35. The second-order valence-corrected chi connectivity index (χ2v) is 7.60. The summed E-state index contributed by atoms with van der Waals surface area (Å²) in [5.74, 6) is -0.360. The van der Waals surface area contributed by atoms with Gasteiger partial charge in [0.15, 0.2) is 0 Å². The number of nitrogens with one attached hydrogen (secondary N) is 1. The Kier molecular flexibility index (Phi) is 6.40. The zero-order valence-corrected chi connectivity index (χ0v) is 16.3. The molecule has 0 spiro atoms. The molecule has 0 aliphatic carbocycles. The lowest BCUT2D eigenvalue weighted by Gasteiger charge is -2.22. The molecule has 1 fully saturated rings. The average molecular weight is 359 g/mol. The number of likely N-dealkylation sites (tertiary alicyclic amines) is 1. The first-order valence-electron chi connectivity index (χ1n) is 9.07. The van der Waals surface area contributed by atoms with Gasteiger partial charge in [0.1, 0.15) is 0 Å². The van der Waals surface area contributed by atoms with Crippen molar-refractivity contribution in [3.8, 4) is 0 Å². The number of nitrogens with zero attached hydrogens (tertiary/aromatic N) is 2. The third-order valence-electron chi connectivity index (χ3n) is 4.65. The van der Waals surface area contributed by atoms with E-state index in [9.17, 15) is 14.4 Å². The molecule has 6 nitrogen and oxygen atoms in total. The number of rotatable bonds is 6. The minimum absolute atomic E-state index is 0.0189. The van der Waals surface area contributed by atoms with Crippen molar-refractivity contribution >= 4 is 23.4 Å². The van der Waals surface area contributed by atoms with E-state index in [4.69, 9.17) is 0 Å². The summed E-state index contributed by atoms with van der Waals surface area (Å²) >= 11 is 0. The molecule has 1 saturated heterocycles. The Labute approximate surface area is 155 Å². The summed E-state index contributed by atoms with van der Waals surface area (Å²) in [6.45, 7) is 9.05. The Bertz CT molecular complexity index is 679. The smallest absolute Gasteiger partial charge is 0.243 e. The molecule has 1 aliphatic rings. The van der Waals surface area contributed by atoms with E-state index in [2.05, 4.69) is 5.32 Å². The van der Waals surface area contributed by atoms with Gasteiger partial charge in [0.2, 0.25) is 17.7 Å². The third-order valence-corrected chi connectivity index (χ3v) is 4.65. The van der Waals surface area contributed by atoms with Crippen molar-refractivity contribution < 1.29 is 14.4 Å². The second kappa shape index (κ2) is 8.34. The van der Waals surface area contributed by atoms with Crippen LogP contribution in [-0.2, 0) is 14.4 Å². The number of hydrogen-bond acceptors (Lipinski definition) is 3. The Morgan fingerprint density at radius 1 is 1.27 bits per heavy atom. The molecule has 1 atom stereocenters. The number of amides is 3. The quantitative estimate of drug-likeness (QED) is 0.847. The van der Waals surface area contributed by atoms with E-state index in [1.54, 1.807) is 11.9 Å². The minimum atomic E-state index is -0.362. The van der Waals surface area contributed by atoms with Crippen LogP contribution in [0.25, 0.3) is 0 Å². The zero-order chi connectivity index (χ0) is 19.4. The molecule has 2 rings (SSSR count). The van der Waals surface area contributed by atoms with Crippen LogP contribution in [0.4, 0.5) is 5.69 Å². The van der Waals surface area contributed by atoms with Crippen LogP contribution in [0.5, 0.6) is 0 Å². The largest absolute Gasteiger partial charge is 0.342 e. The molecule has 0 saturated carbocycles. The molecule has 1 aromatic carbocycles. The van der Waals surface area contributed by atoms with Crippen molar-refractivity contribution in [1.29, 1.82) is 0 Å². The normalized spacial score (nSPS) is 16.9. The molecule has 0 bridgehead atoms. The van der Waals surface area contributed by atoms with Gasteiger partial charge >= 0.3 is 0 Å². The van der Waals surface area contributed by atoms with Crippen molar-refractivity contribution in [2.45, 2.75) is 34.1 Å². The van der Waals surface area contributed by atoms with Gasteiger partial charge in [-0.05, 0) is 30.9 Å². The number of hydrogen-bond donors (Lipinski definition) is 1. The average Bonchev–Trinajstić information content (AvgIpc) is 2.90. The van der Waals surface area contributed by atoms with Crippen LogP contribution in [-0.4, -0.2) is 54.2 Å². The van der Waals surface area contributed by atoms with Gasteiger partial charge in [-0.2, -0.15) is 0 Å². The van der Waals surface area contributed by atoms with Crippen molar-refractivity contribution in [2.24, 2.45) is 11.8 Å². The van der Waals surface area contributed by atoms with E-state index in [0.717, 1.165) is 16.8 Å². The monoisotopic (exact) mass is 359 g/mol. The first-order chi connectivity index (χ1) is 12.2. The van der Waals surface area contributed by atoms with Gasteiger partial charge in [0.25, 0.3) is 0 Å². The van der Waals surface area contributed by atoms with Crippen LogP contribution in [0.1, 0.15) is 31.4 Å². The summed E-state index contributed by atoms with van der Waals surface area (Å²) in [6, 6.07) is 5.81. The zero-order valence-electron chi connectivity index (χ0n) is 16.3. The number of likely N-dealkylation sites (N-methyl/N-ethyl adjacent to an activating group) is 1. The third kappa shape index (κ3) is 4.84. The van der Waals surface area contributed by atoms with E-state index in [-0.39, 0.29) is 36.6 Å². The molecule has 1 N–H and O–H groups in total. The van der Waals surface area contributed by atoms with Gasteiger partial charge in [0, 0.05) is 32.2 Å². The lowest BCUT2D eigenvalue weighted by molar-refractivity contribution is -0.137. The van der Waals surface area contributed by atoms with Gasteiger partial charge < -0.3 is 15.1 Å². The van der Waals surface area contributed by atoms with Gasteiger partial charge in [-0.1, -0.05) is 32.0 Å². The highest BCUT2D eigenvalue weighted by Crippen LogP contribution is 2.22. The van der Waals surface area contributed by atoms with E-state index in [1.165, 1.54) is 4.90 Å². The molecule has 0 radical (unpaired) electrons. The second-order valence-electron chi connectivity index (χ2n) is 7.60. The maximum Gasteiger partial charge on any atom is 0.243 e. The standard InChI is InChI=1S/C20H29N3O3/c1-13(2)10-23-11-16(9-18(23)25)20(26)22(5)12-17(24)21-19-14(3)7-6-8-15(19)4/h6-8,13,16H,9-12H2,1-5H3,(H,21,24). The summed E-state index contributed by atoms with van der Waals surface area (Å²) in [5, 5.41) is 2.89. The Morgan fingerprint density at radius 2 is 1.88 bits per heavy atom. The van der Waals surface area contributed by atoms with Crippen LogP contribution in [0, 0.1) is 25.7 Å². The molecule has 3 amide bonds. The minimum Gasteiger partial charge on any atom is -0.342 e. The van der Waals surface area contributed by atoms with E-state index in [0.29, 0.717) is 19.0 Å². The van der Waals surface area contributed by atoms with Crippen LogP contribution in [0.15, 0.2) is 18.2 Å². The highest BCUT2D eigenvalue weighted by atomic mass is 16.2. The Morgan fingerprint density at radius 3 is 2.46 bits per heavy atom. The molecule has 26 heavy (non-hydrogen) atoms. The topological polar surface area (TPSA) is 69.7 Å². The van der Waals surface area contributed by atoms with E-state index in [1.807, 2.05) is 45.9 Å². The summed E-state index contributed by atoms with van der Waals surface area (Å²) in [6.07, 6.45) is 0.231. The molecule has 1 aromatic rings. The molecule has 1 unspecified atom stereocenters. The van der Waals surface area contributed by atoms with Crippen LogP contribution >= 0.6 is 0 Å². The molecular formula is C20H29N3O3. The van der Waals surface area contributed by atoms with Crippen LogP contribution in [0.2, 0.25) is 0 Å². The molecule has 142 valence electrons. The predicted molar refractivity (Wildman–Crippen MR) is 102 cm³/mol. The molecule has 0 aromatic heterocycles. The van der Waals surface area contributed by atoms with Crippen molar-refractivity contribution in [2.75, 3.05) is 32.0 Å². The number of carbonyl (C=O) groups is 3. The molecule has 1 heterocycles. The van der Waals surface area contributed by atoms with E-state index >= 15 is 0 Å². The predicted octanol–water partition coefficient (Wildman–Crippen LogP) is 2.20. The summed E-state index contributed by atoms with van der Waals surface area (Å²) in [4.78, 5) is 40.2. The molecule has 6 heteroatoms. The van der Waals surface area contributed by atoms with Gasteiger partial charge in [-0.15, -0.1) is 0 Å².